The summed E-state index contributed by atoms with van der Waals surface area (Å²) in [6, 6.07) is 7.99. The van der Waals surface area contributed by atoms with E-state index >= 15 is 0 Å². The van der Waals surface area contributed by atoms with Crippen LogP contribution in [-0.4, -0.2) is 21.7 Å². The second-order valence-electron chi connectivity index (χ2n) is 4.54. The van der Waals surface area contributed by atoms with Gasteiger partial charge in [0.05, 0.1) is 0 Å². The number of aryl methyl sites for hydroxylation is 1. The van der Waals surface area contributed by atoms with Crippen LogP contribution >= 0.6 is 11.6 Å². The Labute approximate surface area is 112 Å². The summed E-state index contributed by atoms with van der Waals surface area (Å²) >= 11 is 6.00. The lowest BCUT2D eigenvalue weighted by molar-refractivity contribution is 0.401. The van der Waals surface area contributed by atoms with Crippen LogP contribution < -0.4 is 0 Å². The summed E-state index contributed by atoms with van der Waals surface area (Å²) in [5.74, 6) is 0. The first-order valence-corrected chi connectivity index (χ1v) is 6.65. The first kappa shape index (κ1) is 13.5. The molecule has 0 radical (unpaired) electrons. The number of fused-ring (bicyclic) bond motifs is 1. The highest BCUT2D eigenvalue weighted by molar-refractivity contribution is 6.40. The molecule has 0 saturated heterocycles. The van der Waals surface area contributed by atoms with Gasteiger partial charge in [-0.1, -0.05) is 30.5 Å². The number of nitrogens with zero attached hydrogens (tertiary/aromatic N) is 1. The summed E-state index contributed by atoms with van der Waals surface area (Å²) in [4.78, 5) is 0. The van der Waals surface area contributed by atoms with Crippen LogP contribution in [0.2, 0.25) is 11.3 Å². The number of benzene rings is 1. The minimum Gasteiger partial charge on any atom is -0.427 e. The second-order valence-corrected chi connectivity index (χ2v) is 4.98. The summed E-state index contributed by atoms with van der Waals surface area (Å²) in [5, 5.41) is 19.4. The molecule has 1 aromatic carbocycles. The monoisotopic (exact) mass is 265 g/mol. The number of aromatic nitrogens is 1. The van der Waals surface area contributed by atoms with E-state index in [0.717, 1.165) is 36.3 Å². The van der Waals surface area contributed by atoms with Gasteiger partial charge < -0.3 is 14.6 Å². The maximum absolute atomic E-state index is 8.74. The van der Waals surface area contributed by atoms with Crippen molar-refractivity contribution >= 4 is 29.6 Å². The summed E-state index contributed by atoms with van der Waals surface area (Å²) in [6.07, 6.45) is 5.40. The number of unbranched alkanes of at least 4 members (excludes halogenated alkanes) is 2. The minimum absolute atomic E-state index is 0.457. The Morgan fingerprint density at radius 2 is 1.94 bits per heavy atom. The molecule has 0 atom stereocenters. The van der Waals surface area contributed by atoms with E-state index in [4.69, 9.17) is 21.6 Å². The number of hydrogen-bond donors (Lipinski definition) is 2. The zero-order chi connectivity index (χ0) is 13.0. The average molecular weight is 266 g/mol. The molecule has 0 saturated carbocycles. The Kier molecular flexibility index (Phi) is 4.69. The van der Waals surface area contributed by atoms with Gasteiger partial charge in [0, 0.05) is 23.3 Å². The lowest BCUT2D eigenvalue weighted by Crippen LogP contribution is -2.09. The lowest BCUT2D eigenvalue weighted by atomic mass is 9.83. The highest BCUT2D eigenvalue weighted by Crippen LogP contribution is 2.21. The number of hydrogen-bond acceptors (Lipinski definition) is 2. The maximum Gasteiger partial charge on any atom is 0.451 e. The van der Waals surface area contributed by atoms with Crippen molar-refractivity contribution in [2.24, 2.45) is 0 Å². The topological polar surface area (TPSA) is 45.4 Å². The van der Waals surface area contributed by atoms with Crippen LogP contribution in [0, 0.1) is 0 Å². The number of rotatable bonds is 6. The van der Waals surface area contributed by atoms with E-state index in [1.165, 1.54) is 5.39 Å². The van der Waals surface area contributed by atoms with E-state index in [2.05, 4.69) is 16.8 Å². The molecular formula is C13H17BClNO2. The molecular weight excluding hydrogens is 248 g/mol. The molecule has 1 heterocycles. The summed E-state index contributed by atoms with van der Waals surface area (Å²) in [5.41, 5.74) is 1.16. The standard InChI is InChI=1S/C13H17BClNO2/c15-12-5-4-11-6-9-16(13(11)10-12)8-3-1-2-7-14(17)18/h4-6,9-10,17-18H,1-3,7-8H2. The highest BCUT2D eigenvalue weighted by Gasteiger charge is 2.05. The quantitative estimate of drug-likeness (QED) is 0.623. The van der Waals surface area contributed by atoms with Gasteiger partial charge in [0.2, 0.25) is 0 Å². The molecule has 0 aliphatic heterocycles. The summed E-state index contributed by atoms with van der Waals surface area (Å²) < 4.78 is 2.19. The molecule has 96 valence electrons. The third-order valence-electron chi connectivity index (χ3n) is 3.10. The van der Waals surface area contributed by atoms with E-state index in [1.807, 2.05) is 18.2 Å². The van der Waals surface area contributed by atoms with E-state index in [0.29, 0.717) is 6.32 Å². The van der Waals surface area contributed by atoms with Crippen LogP contribution in [0.1, 0.15) is 19.3 Å². The van der Waals surface area contributed by atoms with Gasteiger partial charge in [-0.3, -0.25) is 0 Å². The highest BCUT2D eigenvalue weighted by atomic mass is 35.5. The predicted molar refractivity (Wildman–Crippen MR) is 75.8 cm³/mol. The Bertz CT molecular complexity index is 513. The molecule has 0 fully saturated rings. The third-order valence-corrected chi connectivity index (χ3v) is 3.33. The first-order valence-electron chi connectivity index (χ1n) is 6.27. The molecule has 0 aliphatic carbocycles. The van der Waals surface area contributed by atoms with Gasteiger partial charge in [-0.2, -0.15) is 0 Å². The van der Waals surface area contributed by atoms with Crippen molar-refractivity contribution in [3.05, 3.63) is 35.5 Å². The van der Waals surface area contributed by atoms with Crippen molar-refractivity contribution in [3.63, 3.8) is 0 Å². The van der Waals surface area contributed by atoms with Crippen LogP contribution in [0.25, 0.3) is 10.9 Å². The van der Waals surface area contributed by atoms with E-state index in [9.17, 15) is 0 Å². The fourth-order valence-corrected chi connectivity index (χ4v) is 2.30. The van der Waals surface area contributed by atoms with Crippen LogP contribution in [0.4, 0.5) is 0 Å². The maximum atomic E-state index is 8.74. The molecule has 2 aromatic rings. The fraction of sp³-hybridized carbons (Fsp3) is 0.385. The zero-order valence-corrected chi connectivity index (χ0v) is 11.0. The largest absolute Gasteiger partial charge is 0.451 e. The molecule has 0 unspecified atom stereocenters. The molecule has 0 amide bonds. The van der Waals surface area contributed by atoms with E-state index in [1.54, 1.807) is 0 Å². The van der Waals surface area contributed by atoms with Gasteiger partial charge in [0.25, 0.3) is 0 Å². The summed E-state index contributed by atoms with van der Waals surface area (Å²) in [6.45, 7) is 0.936. The SMILES string of the molecule is OB(O)CCCCCn1ccc2ccc(Cl)cc21. The normalized spacial score (nSPS) is 11.1. The Balaban J connectivity index is 1.89. The molecule has 1 aromatic heterocycles. The summed E-state index contributed by atoms with van der Waals surface area (Å²) in [7, 11) is -1.17. The van der Waals surface area contributed by atoms with Gasteiger partial charge in [0.15, 0.2) is 0 Å². The van der Waals surface area contributed by atoms with Gasteiger partial charge in [-0.05, 0) is 36.3 Å². The van der Waals surface area contributed by atoms with Crippen LogP contribution in [-0.2, 0) is 6.54 Å². The van der Waals surface area contributed by atoms with E-state index < -0.39 is 7.12 Å². The first-order chi connectivity index (χ1) is 8.66. The predicted octanol–water partition coefficient (Wildman–Crippen LogP) is 2.94. The smallest absolute Gasteiger partial charge is 0.427 e. The van der Waals surface area contributed by atoms with Crippen molar-refractivity contribution < 1.29 is 10.0 Å². The molecule has 2 rings (SSSR count). The Morgan fingerprint density at radius 1 is 1.11 bits per heavy atom. The van der Waals surface area contributed by atoms with Crippen molar-refractivity contribution in [2.45, 2.75) is 32.1 Å². The van der Waals surface area contributed by atoms with Gasteiger partial charge in [0.1, 0.15) is 0 Å². The average Bonchev–Trinajstić information content (AvgIpc) is 2.71. The molecule has 2 N–H and O–H groups in total. The van der Waals surface area contributed by atoms with Crippen LogP contribution in [0.3, 0.4) is 0 Å². The third kappa shape index (κ3) is 3.51. The molecule has 0 spiro atoms. The molecule has 5 heteroatoms. The Morgan fingerprint density at radius 3 is 2.72 bits per heavy atom. The second kappa shape index (κ2) is 6.27. The van der Waals surface area contributed by atoms with Crippen molar-refractivity contribution in [1.82, 2.24) is 4.57 Å². The van der Waals surface area contributed by atoms with Crippen molar-refractivity contribution in [1.29, 1.82) is 0 Å². The van der Waals surface area contributed by atoms with Gasteiger partial charge in [-0.25, -0.2) is 0 Å². The van der Waals surface area contributed by atoms with Crippen molar-refractivity contribution in [3.8, 4) is 0 Å². The fourth-order valence-electron chi connectivity index (χ4n) is 2.14. The molecule has 0 aliphatic rings. The molecule has 3 nitrogen and oxygen atoms in total. The lowest BCUT2D eigenvalue weighted by Gasteiger charge is -2.05. The van der Waals surface area contributed by atoms with Crippen LogP contribution in [0.5, 0.6) is 0 Å². The molecule has 0 bridgehead atoms. The Hall–Kier alpha value is -0.965. The van der Waals surface area contributed by atoms with Crippen molar-refractivity contribution in [2.75, 3.05) is 0 Å². The number of halogens is 1. The van der Waals surface area contributed by atoms with Gasteiger partial charge >= 0.3 is 7.12 Å². The minimum atomic E-state index is -1.17. The van der Waals surface area contributed by atoms with E-state index in [-0.39, 0.29) is 0 Å². The molecule has 18 heavy (non-hydrogen) atoms. The zero-order valence-electron chi connectivity index (χ0n) is 10.2. The van der Waals surface area contributed by atoms with Crippen LogP contribution in [0.15, 0.2) is 30.5 Å². The van der Waals surface area contributed by atoms with Gasteiger partial charge in [-0.15, -0.1) is 0 Å².